The largest absolute Gasteiger partial charge is 0.389 e. The average molecular weight is 213 g/mol. The molecule has 90 valence electrons. The average Bonchev–Trinajstić information content (AvgIpc) is 2.14. The Hall–Kier alpha value is -0.340. The van der Waals surface area contributed by atoms with Gasteiger partial charge in [-0.05, 0) is 33.9 Å². The van der Waals surface area contributed by atoms with Crippen molar-refractivity contribution in [1.29, 1.82) is 0 Å². The monoisotopic (exact) mass is 213 g/mol. The van der Waals surface area contributed by atoms with E-state index in [9.17, 15) is 5.11 Å². The predicted octanol–water partition coefficient (Wildman–Crippen LogP) is 2.68. The molecule has 1 saturated carbocycles. The van der Waals surface area contributed by atoms with Gasteiger partial charge in [-0.1, -0.05) is 31.4 Å². The molecule has 1 aliphatic carbocycles. The summed E-state index contributed by atoms with van der Waals surface area (Å²) in [5.41, 5.74) is 0.627. The molecular formula is C13H27NO. The maximum Gasteiger partial charge on any atom is 0.0724 e. The standard InChI is InChI=1S/C13H25NO.H2/c1-11(2)12(10-14(3)4)13(15)8-6-5-7-9-13;/h12,15H,1,5-10H2,2-4H3;1H. The molecule has 15 heavy (non-hydrogen) atoms. The fourth-order valence-corrected chi connectivity index (χ4v) is 2.66. The van der Waals surface area contributed by atoms with Gasteiger partial charge in [0.05, 0.1) is 5.60 Å². The Morgan fingerprint density at radius 3 is 2.33 bits per heavy atom. The van der Waals surface area contributed by atoms with Gasteiger partial charge in [0, 0.05) is 13.9 Å². The lowest BCUT2D eigenvalue weighted by Gasteiger charge is -2.41. The molecule has 1 rings (SSSR count). The summed E-state index contributed by atoms with van der Waals surface area (Å²) >= 11 is 0. The minimum Gasteiger partial charge on any atom is -0.389 e. The van der Waals surface area contributed by atoms with Crippen LogP contribution in [0.1, 0.15) is 40.5 Å². The van der Waals surface area contributed by atoms with Crippen LogP contribution in [0.2, 0.25) is 0 Å². The highest BCUT2D eigenvalue weighted by Crippen LogP contribution is 2.37. The topological polar surface area (TPSA) is 23.5 Å². The van der Waals surface area contributed by atoms with E-state index in [0.29, 0.717) is 0 Å². The van der Waals surface area contributed by atoms with Gasteiger partial charge in [-0.15, -0.1) is 0 Å². The zero-order valence-corrected chi connectivity index (χ0v) is 10.4. The van der Waals surface area contributed by atoms with Crippen LogP contribution in [0.4, 0.5) is 0 Å². The molecule has 0 amide bonds. The number of rotatable bonds is 4. The molecule has 2 nitrogen and oxygen atoms in total. The fraction of sp³-hybridized carbons (Fsp3) is 0.846. The van der Waals surface area contributed by atoms with Crippen LogP contribution in [0, 0.1) is 5.92 Å². The Bertz CT molecular complexity index is 222. The molecule has 0 aromatic rings. The Labute approximate surface area is 95.5 Å². The van der Waals surface area contributed by atoms with Crippen molar-refractivity contribution in [3.63, 3.8) is 0 Å². The second-order valence-electron chi connectivity index (χ2n) is 5.33. The lowest BCUT2D eigenvalue weighted by atomic mass is 9.73. The molecule has 0 aromatic carbocycles. The highest BCUT2D eigenvalue weighted by Gasteiger charge is 2.38. The second-order valence-corrected chi connectivity index (χ2v) is 5.33. The zero-order chi connectivity index (χ0) is 11.5. The summed E-state index contributed by atoms with van der Waals surface area (Å²) in [4.78, 5) is 2.14. The van der Waals surface area contributed by atoms with E-state index in [0.717, 1.165) is 37.8 Å². The minimum atomic E-state index is -0.492. The van der Waals surface area contributed by atoms with Gasteiger partial charge in [-0.2, -0.15) is 0 Å². The van der Waals surface area contributed by atoms with Crippen LogP contribution in [-0.4, -0.2) is 36.2 Å². The molecule has 0 aromatic heterocycles. The van der Waals surface area contributed by atoms with Gasteiger partial charge in [0.2, 0.25) is 0 Å². The number of aliphatic hydroxyl groups is 1. The molecule has 0 radical (unpaired) electrons. The van der Waals surface area contributed by atoms with E-state index in [1.807, 2.05) is 6.92 Å². The van der Waals surface area contributed by atoms with E-state index in [2.05, 4.69) is 25.6 Å². The van der Waals surface area contributed by atoms with Crippen LogP contribution in [-0.2, 0) is 0 Å². The SMILES string of the molecule is C=C(C)C(CN(C)C)C1(O)CCCCC1.[HH]. The highest BCUT2D eigenvalue weighted by molar-refractivity contribution is 5.07. The molecule has 0 heterocycles. The lowest BCUT2D eigenvalue weighted by molar-refractivity contribution is -0.0429. The Morgan fingerprint density at radius 2 is 1.93 bits per heavy atom. The van der Waals surface area contributed by atoms with E-state index >= 15 is 0 Å². The molecule has 1 unspecified atom stereocenters. The van der Waals surface area contributed by atoms with E-state index in [4.69, 9.17) is 0 Å². The predicted molar refractivity (Wildman–Crippen MR) is 67.0 cm³/mol. The van der Waals surface area contributed by atoms with Crippen molar-refractivity contribution in [1.82, 2.24) is 4.90 Å². The van der Waals surface area contributed by atoms with Gasteiger partial charge < -0.3 is 10.0 Å². The first-order chi connectivity index (χ1) is 6.96. The Balaban J connectivity index is 0.00000225. The first-order valence-electron chi connectivity index (χ1n) is 5.98. The van der Waals surface area contributed by atoms with Crippen molar-refractivity contribution in [2.24, 2.45) is 5.92 Å². The normalized spacial score (nSPS) is 22.7. The quantitative estimate of drug-likeness (QED) is 0.726. The third kappa shape index (κ3) is 3.32. The van der Waals surface area contributed by atoms with Crippen molar-refractivity contribution in [2.75, 3.05) is 20.6 Å². The van der Waals surface area contributed by atoms with E-state index in [1.54, 1.807) is 0 Å². The van der Waals surface area contributed by atoms with Gasteiger partial charge in [0.25, 0.3) is 0 Å². The summed E-state index contributed by atoms with van der Waals surface area (Å²) < 4.78 is 0. The molecule has 0 aliphatic heterocycles. The van der Waals surface area contributed by atoms with Crippen molar-refractivity contribution in [3.8, 4) is 0 Å². The van der Waals surface area contributed by atoms with Crippen LogP contribution in [0.3, 0.4) is 0 Å². The van der Waals surface area contributed by atoms with Crippen LogP contribution in [0.5, 0.6) is 0 Å². The first-order valence-corrected chi connectivity index (χ1v) is 5.98. The summed E-state index contributed by atoms with van der Waals surface area (Å²) in [6, 6.07) is 0. The Kier molecular flexibility index (Phi) is 4.35. The van der Waals surface area contributed by atoms with Gasteiger partial charge >= 0.3 is 0 Å². The summed E-state index contributed by atoms with van der Waals surface area (Å²) in [5, 5.41) is 10.7. The van der Waals surface area contributed by atoms with Gasteiger partial charge in [0.1, 0.15) is 0 Å². The number of hydrogen-bond donors (Lipinski definition) is 1. The molecule has 1 atom stereocenters. The molecule has 0 spiro atoms. The lowest BCUT2D eigenvalue weighted by Crippen LogP contribution is -2.44. The summed E-state index contributed by atoms with van der Waals surface area (Å²) in [7, 11) is 4.12. The third-order valence-electron chi connectivity index (χ3n) is 3.51. The second kappa shape index (κ2) is 5.13. The first kappa shape index (κ1) is 12.7. The maximum atomic E-state index is 10.7. The summed E-state index contributed by atoms with van der Waals surface area (Å²) in [6.07, 6.45) is 5.48. The highest BCUT2D eigenvalue weighted by atomic mass is 16.3. The van der Waals surface area contributed by atoms with Gasteiger partial charge in [-0.3, -0.25) is 0 Å². The summed E-state index contributed by atoms with van der Waals surface area (Å²) in [5.74, 6) is 0.229. The molecule has 1 aliphatic rings. The Morgan fingerprint density at radius 1 is 1.40 bits per heavy atom. The molecule has 1 fully saturated rings. The molecule has 0 bridgehead atoms. The van der Waals surface area contributed by atoms with Crippen molar-refractivity contribution in [2.45, 2.75) is 44.6 Å². The summed E-state index contributed by atoms with van der Waals surface area (Å²) in [6.45, 7) is 6.99. The molecular weight excluding hydrogens is 186 g/mol. The fourth-order valence-electron chi connectivity index (χ4n) is 2.66. The molecule has 0 saturated heterocycles. The maximum absolute atomic E-state index is 10.7. The van der Waals surface area contributed by atoms with E-state index in [-0.39, 0.29) is 7.34 Å². The van der Waals surface area contributed by atoms with Crippen LogP contribution >= 0.6 is 0 Å². The van der Waals surface area contributed by atoms with E-state index in [1.165, 1.54) is 6.42 Å². The van der Waals surface area contributed by atoms with Crippen LogP contribution in [0.15, 0.2) is 12.2 Å². The smallest absolute Gasteiger partial charge is 0.0724 e. The van der Waals surface area contributed by atoms with Crippen molar-refractivity contribution in [3.05, 3.63) is 12.2 Å². The molecule has 2 heteroatoms. The van der Waals surface area contributed by atoms with Crippen LogP contribution in [0.25, 0.3) is 0 Å². The van der Waals surface area contributed by atoms with Crippen LogP contribution < -0.4 is 0 Å². The third-order valence-corrected chi connectivity index (χ3v) is 3.51. The van der Waals surface area contributed by atoms with Gasteiger partial charge in [-0.25, -0.2) is 0 Å². The van der Waals surface area contributed by atoms with Crippen molar-refractivity contribution >= 4 is 0 Å². The van der Waals surface area contributed by atoms with Crippen molar-refractivity contribution < 1.29 is 6.53 Å². The minimum absolute atomic E-state index is 0. The zero-order valence-electron chi connectivity index (χ0n) is 10.4. The number of nitrogens with zero attached hydrogens (tertiary/aromatic N) is 1. The van der Waals surface area contributed by atoms with Gasteiger partial charge in [0.15, 0.2) is 0 Å². The molecule has 1 N–H and O–H groups in total. The number of hydrogen-bond acceptors (Lipinski definition) is 2. The van der Waals surface area contributed by atoms with E-state index < -0.39 is 5.60 Å².